The molecule has 0 atom stereocenters. The van der Waals surface area contributed by atoms with E-state index < -0.39 is 0 Å². The molecule has 0 bridgehead atoms. The Morgan fingerprint density at radius 2 is 1.75 bits per heavy atom. The molecule has 4 heteroatoms. The van der Waals surface area contributed by atoms with Crippen molar-refractivity contribution in [1.82, 2.24) is 4.98 Å². The van der Waals surface area contributed by atoms with Crippen LogP contribution in [0, 0.1) is 18.3 Å². The van der Waals surface area contributed by atoms with E-state index in [-0.39, 0.29) is 17.7 Å². The quantitative estimate of drug-likeness (QED) is 0.777. The van der Waals surface area contributed by atoms with Crippen LogP contribution in [0.5, 0.6) is 0 Å². The number of aromatic nitrogens is 1. The summed E-state index contributed by atoms with van der Waals surface area (Å²) in [6.45, 7) is 1.80. The number of aryl methyl sites for hydroxylation is 1. The van der Waals surface area contributed by atoms with Gasteiger partial charge in [0.2, 0.25) is 0 Å². The van der Waals surface area contributed by atoms with Crippen LogP contribution in [-0.4, -0.2) is 10.1 Å². The molecule has 3 aromatic rings. The number of aliphatic hydroxyl groups excluding tert-OH is 1. The molecule has 0 unspecified atom stereocenters. The van der Waals surface area contributed by atoms with Gasteiger partial charge in [0.1, 0.15) is 11.6 Å². The molecule has 1 aromatic heterocycles. The first kappa shape index (κ1) is 15.7. The van der Waals surface area contributed by atoms with Crippen molar-refractivity contribution in [3.05, 3.63) is 81.8 Å². The monoisotopic (exact) mass is 316 g/mol. The molecule has 118 valence electrons. The molecule has 0 saturated heterocycles. The molecule has 0 amide bonds. The molecule has 24 heavy (non-hydrogen) atoms. The SMILES string of the molecule is Cc1cc(-c2ccc(-c3cccc(CO)c3)cc2)c(C#N)c(=O)[nH]1. The first-order valence-electron chi connectivity index (χ1n) is 7.57. The van der Waals surface area contributed by atoms with Gasteiger partial charge in [0.25, 0.3) is 5.56 Å². The summed E-state index contributed by atoms with van der Waals surface area (Å²) in [5.41, 5.74) is 4.80. The van der Waals surface area contributed by atoms with E-state index in [4.69, 9.17) is 0 Å². The zero-order valence-corrected chi connectivity index (χ0v) is 13.2. The predicted molar refractivity (Wildman–Crippen MR) is 93.3 cm³/mol. The Bertz CT molecular complexity index is 980. The van der Waals surface area contributed by atoms with E-state index in [1.54, 1.807) is 13.0 Å². The Morgan fingerprint density at radius 3 is 2.42 bits per heavy atom. The highest BCUT2D eigenvalue weighted by Crippen LogP contribution is 2.26. The van der Waals surface area contributed by atoms with Gasteiger partial charge in [-0.1, -0.05) is 42.5 Å². The standard InChI is InChI=1S/C20H16N2O2/c1-13-9-18(19(11-21)20(24)22-13)16-7-5-15(6-8-16)17-4-2-3-14(10-17)12-23/h2-10,23H,12H2,1H3,(H,22,24). The molecule has 0 aliphatic rings. The van der Waals surface area contributed by atoms with E-state index in [2.05, 4.69) is 4.98 Å². The summed E-state index contributed by atoms with van der Waals surface area (Å²) in [6, 6.07) is 19.2. The van der Waals surface area contributed by atoms with Crippen LogP contribution in [0.1, 0.15) is 16.8 Å². The van der Waals surface area contributed by atoms with Crippen LogP contribution in [0.15, 0.2) is 59.4 Å². The van der Waals surface area contributed by atoms with E-state index in [1.807, 2.05) is 54.6 Å². The molecule has 0 aliphatic carbocycles. The van der Waals surface area contributed by atoms with Crippen molar-refractivity contribution < 1.29 is 5.11 Å². The fourth-order valence-corrected chi connectivity index (χ4v) is 2.72. The van der Waals surface area contributed by atoms with Gasteiger partial charge in [-0.25, -0.2) is 0 Å². The molecule has 0 saturated carbocycles. The van der Waals surface area contributed by atoms with Gasteiger partial charge in [0.15, 0.2) is 0 Å². The molecule has 2 aromatic carbocycles. The van der Waals surface area contributed by atoms with Gasteiger partial charge in [-0.15, -0.1) is 0 Å². The average Bonchev–Trinajstić information content (AvgIpc) is 2.61. The second-order valence-electron chi connectivity index (χ2n) is 5.62. The summed E-state index contributed by atoms with van der Waals surface area (Å²) in [7, 11) is 0. The van der Waals surface area contributed by atoms with Gasteiger partial charge >= 0.3 is 0 Å². The molecule has 0 spiro atoms. The number of pyridine rings is 1. The van der Waals surface area contributed by atoms with Crippen LogP contribution in [-0.2, 0) is 6.61 Å². The number of hydrogen-bond acceptors (Lipinski definition) is 3. The van der Waals surface area contributed by atoms with E-state index >= 15 is 0 Å². The van der Waals surface area contributed by atoms with Crippen molar-refractivity contribution in [3.63, 3.8) is 0 Å². The Hall–Kier alpha value is -3.16. The molecule has 2 N–H and O–H groups in total. The summed E-state index contributed by atoms with van der Waals surface area (Å²) >= 11 is 0. The smallest absolute Gasteiger partial charge is 0.266 e. The maximum Gasteiger partial charge on any atom is 0.266 e. The second-order valence-corrected chi connectivity index (χ2v) is 5.62. The molecule has 0 radical (unpaired) electrons. The largest absolute Gasteiger partial charge is 0.392 e. The van der Waals surface area contributed by atoms with Crippen molar-refractivity contribution in [2.75, 3.05) is 0 Å². The minimum atomic E-state index is -0.368. The Labute approximate surface area is 139 Å². The number of nitriles is 1. The van der Waals surface area contributed by atoms with E-state index in [9.17, 15) is 15.2 Å². The predicted octanol–water partition coefficient (Wildman–Crippen LogP) is 3.38. The molecular weight excluding hydrogens is 300 g/mol. The average molecular weight is 316 g/mol. The van der Waals surface area contributed by atoms with Crippen molar-refractivity contribution in [1.29, 1.82) is 5.26 Å². The second kappa shape index (κ2) is 6.53. The molecule has 0 fully saturated rings. The third-order valence-corrected chi connectivity index (χ3v) is 3.92. The minimum absolute atomic E-state index is 0.00349. The van der Waals surface area contributed by atoms with Crippen LogP contribution >= 0.6 is 0 Å². The summed E-state index contributed by atoms with van der Waals surface area (Å²) < 4.78 is 0. The lowest BCUT2D eigenvalue weighted by Gasteiger charge is -2.08. The maximum absolute atomic E-state index is 11.9. The normalized spacial score (nSPS) is 10.4. The summed E-state index contributed by atoms with van der Waals surface area (Å²) in [5.74, 6) is 0. The molecule has 4 nitrogen and oxygen atoms in total. The third-order valence-electron chi connectivity index (χ3n) is 3.92. The van der Waals surface area contributed by atoms with Crippen LogP contribution in [0.4, 0.5) is 0 Å². The van der Waals surface area contributed by atoms with Crippen LogP contribution < -0.4 is 5.56 Å². The molecule has 1 heterocycles. The highest BCUT2D eigenvalue weighted by Gasteiger charge is 2.10. The molecule has 3 rings (SSSR count). The van der Waals surface area contributed by atoms with Gasteiger partial charge in [0.05, 0.1) is 6.61 Å². The number of hydrogen-bond donors (Lipinski definition) is 2. The van der Waals surface area contributed by atoms with Gasteiger partial charge in [-0.3, -0.25) is 4.79 Å². The number of H-pyrrole nitrogens is 1. The lowest BCUT2D eigenvalue weighted by atomic mass is 9.97. The summed E-state index contributed by atoms with van der Waals surface area (Å²) in [6.07, 6.45) is 0. The maximum atomic E-state index is 11.9. The fourth-order valence-electron chi connectivity index (χ4n) is 2.72. The van der Waals surface area contributed by atoms with Crippen LogP contribution in [0.3, 0.4) is 0 Å². The lowest BCUT2D eigenvalue weighted by molar-refractivity contribution is 0.282. The number of nitrogens with zero attached hydrogens (tertiary/aromatic N) is 1. The zero-order chi connectivity index (χ0) is 17.1. The Kier molecular flexibility index (Phi) is 4.28. The van der Waals surface area contributed by atoms with Crippen molar-refractivity contribution >= 4 is 0 Å². The van der Waals surface area contributed by atoms with Crippen LogP contribution in [0.2, 0.25) is 0 Å². The molecule has 0 aliphatic heterocycles. The number of rotatable bonds is 3. The highest BCUT2D eigenvalue weighted by atomic mass is 16.3. The first-order valence-corrected chi connectivity index (χ1v) is 7.57. The van der Waals surface area contributed by atoms with Gasteiger partial charge < -0.3 is 10.1 Å². The number of aromatic amines is 1. The topological polar surface area (TPSA) is 76.9 Å². The van der Waals surface area contributed by atoms with Gasteiger partial charge in [-0.2, -0.15) is 5.26 Å². The number of nitrogens with one attached hydrogen (secondary N) is 1. The van der Waals surface area contributed by atoms with Gasteiger partial charge in [-0.05, 0) is 41.3 Å². The highest BCUT2D eigenvalue weighted by molar-refractivity contribution is 5.74. The van der Waals surface area contributed by atoms with Crippen LogP contribution in [0.25, 0.3) is 22.3 Å². The van der Waals surface area contributed by atoms with Crippen molar-refractivity contribution in [2.24, 2.45) is 0 Å². The van der Waals surface area contributed by atoms with E-state index in [0.29, 0.717) is 11.3 Å². The van der Waals surface area contributed by atoms with Gasteiger partial charge in [0, 0.05) is 11.3 Å². The number of aliphatic hydroxyl groups is 1. The Balaban J connectivity index is 2.05. The van der Waals surface area contributed by atoms with Crippen molar-refractivity contribution in [3.8, 4) is 28.3 Å². The first-order chi connectivity index (χ1) is 11.6. The summed E-state index contributed by atoms with van der Waals surface area (Å²) in [4.78, 5) is 14.6. The van der Waals surface area contributed by atoms with E-state index in [1.165, 1.54) is 0 Å². The van der Waals surface area contributed by atoms with Crippen molar-refractivity contribution in [2.45, 2.75) is 13.5 Å². The summed E-state index contributed by atoms with van der Waals surface area (Å²) in [5, 5.41) is 18.5. The minimum Gasteiger partial charge on any atom is -0.392 e. The fraction of sp³-hybridized carbons (Fsp3) is 0.100. The molecular formula is C20H16N2O2. The lowest BCUT2D eigenvalue weighted by Crippen LogP contribution is -2.12. The third kappa shape index (κ3) is 2.98. The Morgan fingerprint density at radius 1 is 1.04 bits per heavy atom. The van der Waals surface area contributed by atoms with E-state index in [0.717, 1.165) is 22.3 Å². The zero-order valence-electron chi connectivity index (χ0n) is 13.2. The number of benzene rings is 2.